The van der Waals surface area contributed by atoms with Crippen molar-refractivity contribution < 1.29 is 0 Å². The second-order valence-corrected chi connectivity index (χ2v) is 2.85. The molecule has 0 N–H and O–H groups in total. The van der Waals surface area contributed by atoms with E-state index in [0.29, 0.717) is 0 Å². The van der Waals surface area contributed by atoms with Crippen molar-refractivity contribution in [2.45, 2.75) is 41.0 Å². The molecule has 0 bridgehead atoms. The number of rotatable bonds is 2. The third-order valence-corrected chi connectivity index (χ3v) is 1.31. The highest BCUT2D eigenvalue weighted by Crippen LogP contribution is 1.93. The minimum Gasteiger partial charge on any atom is -0.0877 e. The number of hydrogen-bond donors (Lipinski definition) is 0. The van der Waals surface area contributed by atoms with Crippen LogP contribution < -0.4 is 0 Å². The van der Waals surface area contributed by atoms with Crippen LogP contribution in [0.2, 0.25) is 0 Å². The van der Waals surface area contributed by atoms with E-state index in [1.54, 1.807) is 0 Å². The molecule has 0 aromatic carbocycles. The molecular formula is C11H22. The SMILES string of the molecule is C/C=C\C=C/C.CCC(C)C. The Labute approximate surface area is 72.0 Å². The molecule has 0 saturated carbocycles. The van der Waals surface area contributed by atoms with Gasteiger partial charge in [0.15, 0.2) is 0 Å². The maximum absolute atomic E-state index is 2.22. The lowest BCUT2D eigenvalue weighted by atomic mass is 10.2. The van der Waals surface area contributed by atoms with Crippen molar-refractivity contribution in [2.75, 3.05) is 0 Å². The molecule has 0 radical (unpaired) electrons. The number of hydrogen-bond acceptors (Lipinski definition) is 0. The van der Waals surface area contributed by atoms with E-state index in [9.17, 15) is 0 Å². The molecule has 0 unspecified atom stereocenters. The summed E-state index contributed by atoms with van der Waals surface area (Å²) in [7, 11) is 0. The zero-order chi connectivity index (χ0) is 9.11. The molecular weight excluding hydrogens is 132 g/mol. The van der Waals surface area contributed by atoms with Crippen LogP contribution in [0.15, 0.2) is 24.3 Å². The molecule has 0 rings (SSSR count). The fourth-order valence-corrected chi connectivity index (χ4v) is 0.222. The molecule has 0 nitrogen and oxygen atoms in total. The minimum absolute atomic E-state index is 0.884. The molecule has 0 aliphatic carbocycles. The Bertz CT molecular complexity index is 86.6. The average Bonchev–Trinajstić information content (AvgIpc) is 2.02. The van der Waals surface area contributed by atoms with Gasteiger partial charge in [0.25, 0.3) is 0 Å². The van der Waals surface area contributed by atoms with Gasteiger partial charge in [-0.05, 0) is 19.8 Å². The summed E-state index contributed by atoms with van der Waals surface area (Å²) in [6.45, 7) is 10.6. The summed E-state index contributed by atoms with van der Waals surface area (Å²) in [5.74, 6) is 0.884. The van der Waals surface area contributed by atoms with Crippen molar-refractivity contribution in [3.05, 3.63) is 24.3 Å². The minimum atomic E-state index is 0.884. The van der Waals surface area contributed by atoms with Crippen LogP contribution in [0.3, 0.4) is 0 Å². The third-order valence-electron chi connectivity index (χ3n) is 1.31. The van der Waals surface area contributed by atoms with Gasteiger partial charge in [0.1, 0.15) is 0 Å². The molecule has 0 aliphatic heterocycles. The maximum Gasteiger partial charge on any atom is -0.0467 e. The Morgan fingerprint density at radius 3 is 1.36 bits per heavy atom. The van der Waals surface area contributed by atoms with E-state index >= 15 is 0 Å². The van der Waals surface area contributed by atoms with Gasteiger partial charge < -0.3 is 0 Å². The van der Waals surface area contributed by atoms with E-state index in [0.717, 1.165) is 5.92 Å². The maximum atomic E-state index is 2.22. The molecule has 0 heteroatoms. The van der Waals surface area contributed by atoms with Crippen LogP contribution in [0.1, 0.15) is 41.0 Å². The molecule has 0 amide bonds. The first-order valence-corrected chi connectivity index (χ1v) is 4.42. The molecule has 0 atom stereocenters. The lowest BCUT2D eigenvalue weighted by Gasteiger charge is -1.90. The Kier molecular flexibility index (Phi) is 14.5. The summed E-state index contributed by atoms with van der Waals surface area (Å²) >= 11 is 0. The van der Waals surface area contributed by atoms with Gasteiger partial charge in [-0.1, -0.05) is 51.5 Å². The lowest BCUT2D eigenvalue weighted by molar-refractivity contribution is 0.626. The Morgan fingerprint density at radius 2 is 1.27 bits per heavy atom. The molecule has 0 aromatic heterocycles. The van der Waals surface area contributed by atoms with Gasteiger partial charge in [0, 0.05) is 0 Å². The molecule has 0 aliphatic rings. The first-order valence-electron chi connectivity index (χ1n) is 4.42. The fourth-order valence-electron chi connectivity index (χ4n) is 0.222. The fraction of sp³-hybridized carbons (Fsp3) is 0.636. The topological polar surface area (TPSA) is 0 Å². The van der Waals surface area contributed by atoms with Crippen LogP contribution in [0.25, 0.3) is 0 Å². The van der Waals surface area contributed by atoms with Gasteiger partial charge in [-0.2, -0.15) is 0 Å². The van der Waals surface area contributed by atoms with Crippen LogP contribution in [0, 0.1) is 5.92 Å². The Hall–Kier alpha value is -0.520. The summed E-state index contributed by atoms with van der Waals surface area (Å²) < 4.78 is 0. The van der Waals surface area contributed by atoms with Gasteiger partial charge in [-0.25, -0.2) is 0 Å². The van der Waals surface area contributed by atoms with Gasteiger partial charge in [-0.3, -0.25) is 0 Å². The van der Waals surface area contributed by atoms with E-state index in [1.165, 1.54) is 6.42 Å². The lowest BCUT2D eigenvalue weighted by Crippen LogP contribution is -1.77. The van der Waals surface area contributed by atoms with Gasteiger partial charge >= 0.3 is 0 Å². The summed E-state index contributed by atoms with van der Waals surface area (Å²) in [5, 5.41) is 0. The quantitative estimate of drug-likeness (QED) is 0.523. The molecule has 0 heterocycles. The monoisotopic (exact) mass is 154 g/mol. The molecule has 0 aromatic rings. The van der Waals surface area contributed by atoms with Crippen molar-refractivity contribution in [3.63, 3.8) is 0 Å². The summed E-state index contributed by atoms with van der Waals surface area (Å²) in [4.78, 5) is 0. The van der Waals surface area contributed by atoms with Crippen LogP contribution in [-0.4, -0.2) is 0 Å². The predicted octanol–water partition coefficient (Wildman–Crippen LogP) is 4.19. The largest absolute Gasteiger partial charge is 0.0877 e. The Balaban J connectivity index is 0. The summed E-state index contributed by atoms with van der Waals surface area (Å²) in [6, 6.07) is 0. The van der Waals surface area contributed by atoms with Crippen molar-refractivity contribution in [3.8, 4) is 0 Å². The van der Waals surface area contributed by atoms with Gasteiger partial charge in [0.05, 0.1) is 0 Å². The molecule has 66 valence electrons. The van der Waals surface area contributed by atoms with Crippen LogP contribution >= 0.6 is 0 Å². The van der Waals surface area contributed by atoms with Crippen LogP contribution in [0.5, 0.6) is 0 Å². The smallest absolute Gasteiger partial charge is 0.0467 e. The normalized spacial score (nSPS) is 10.7. The summed E-state index contributed by atoms with van der Waals surface area (Å²) in [5.41, 5.74) is 0. The highest BCUT2D eigenvalue weighted by molar-refractivity contribution is 4.98. The first-order chi connectivity index (χ1) is 5.18. The Morgan fingerprint density at radius 1 is 1.00 bits per heavy atom. The zero-order valence-electron chi connectivity index (χ0n) is 8.59. The van der Waals surface area contributed by atoms with E-state index in [1.807, 2.05) is 38.2 Å². The second kappa shape index (κ2) is 12.2. The average molecular weight is 154 g/mol. The van der Waals surface area contributed by atoms with Crippen molar-refractivity contribution in [1.82, 2.24) is 0 Å². The molecule has 0 saturated heterocycles. The second-order valence-electron chi connectivity index (χ2n) is 2.85. The highest BCUT2D eigenvalue weighted by atomic mass is 13.9. The highest BCUT2D eigenvalue weighted by Gasteiger charge is 1.80. The van der Waals surface area contributed by atoms with Crippen molar-refractivity contribution in [1.29, 1.82) is 0 Å². The van der Waals surface area contributed by atoms with E-state index in [-0.39, 0.29) is 0 Å². The van der Waals surface area contributed by atoms with Gasteiger partial charge in [-0.15, -0.1) is 0 Å². The predicted molar refractivity (Wildman–Crippen MR) is 54.8 cm³/mol. The van der Waals surface area contributed by atoms with Crippen molar-refractivity contribution in [2.24, 2.45) is 5.92 Å². The summed E-state index contributed by atoms with van der Waals surface area (Å²) in [6.07, 6.45) is 9.31. The van der Waals surface area contributed by atoms with E-state index in [2.05, 4.69) is 20.8 Å². The molecule has 11 heavy (non-hydrogen) atoms. The van der Waals surface area contributed by atoms with E-state index in [4.69, 9.17) is 0 Å². The van der Waals surface area contributed by atoms with Crippen LogP contribution in [-0.2, 0) is 0 Å². The van der Waals surface area contributed by atoms with Gasteiger partial charge in [0.2, 0.25) is 0 Å². The zero-order valence-corrected chi connectivity index (χ0v) is 8.59. The third kappa shape index (κ3) is 26.4. The number of allylic oxidation sites excluding steroid dienone is 4. The molecule has 0 spiro atoms. The van der Waals surface area contributed by atoms with Crippen LogP contribution in [0.4, 0.5) is 0 Å². The van der Waals surface area contributed by atoms with E-state index < -0.39 is 0 Å². The van der Waals surface area contributed by atoms with Crippen molar-refractivity contribution >= 4 is 0 Å². The standard InChI is InChI=1S/C6H10.C5H12/c1-3-5-6-4-2;1-4-5(2)3/h3-6H,1-2H3;5H,4H2,1-3H3/b5-3-,6-4-;. The first kappa shape index (κ1) is 13.1. The molecule has 0 fully saturated rings.